The maximum absolute atomic E-state index is 3.50. The molecule has 1 rings (SSSR count). The number of hydrogen-bond donors (Lipinski definition) is 1. The zero-order valence-electron chi connectivity index (χ0n) is 13.1. The molecule has 1 N–H and O–H groups in total. The quantitative estimate of drug-likeness (QED) is 0.685. The molecule has 0 aliphatic rings. The van der Waals surface area contributed by atoms with Crippen molar-refractivity contribution in [3.8, 4) is 0 Å². The first-order valence-corrected chi connectivity index (χ1v) is 8.40. The lowest BCUT2D eigenvalue weighted by Crippen LogP contribution is -2.38. The predicted octanol–water partition coefficient (Wildman–Crippen LogP) is 4.13. The molecule has 0 bridgehead atoms. The van der Waals surface area contributed by atoms with Crippen LogP contribution in [0.5, 0.6) is 0 Å². The van der Waals surface area contributed by atoms with Gasteiger partial charge in [-0.25, -0.2) is 0 Å². The van der Waals surface area contributed by atoms with E-state index < -0.39 is 0 Å². The van der Waals surface area contributed by atoms with Gasteiger partial charge in [-0.2, -0.15) is 0 Å². The number of thiophene rings is 1. The second-order valence-electron chi connectivity index (χ2n) is 5.95. The van der Waals surface area contributed by atoms with Gasteiger partial charge in [-0.05, 0) is 51.6 Å². The minimum absolute atomic E-state index is 0.600. The summed E-state index contributed by atoms with van der Waals surface area (Å²) >= 11 is 1.86. The minimum Gasteiger partial charge on any atom is -0.315 e. The molecule has 110 valence electrons. The summed E-state index contributed by atoms with van der Waals surface area (Å²) in [5.41, 5.74) is 0. The topological polar surface area (TPSA) is 15.3 Å². The van der Waals surface area contributed by atoms with Crippen LogP contribution in [0.4, 0.5) is 0 Å². The summed E-state index contributed by atoms with van der Waals surface area (Å²) < 4.78 is 0. The van der Waals surface area contributed by atoms with Crippen molar-refractivity contribution >= 4 is 11.3 Å². The van der Waals surface area contributed by atoms with Crippen molar-refractivity contribution in [2.24, 2.45) is 0 Å². The molecule has 0 aliphatic heterocycles. The Morgan fingerprint density at radius 2 is 1.95 bits per heavy atom. The first-order valence-electron chi connectivity index (χ1n) is 7.52. The Kier molecular flexibility index (Phi) is 7.66. The lowest BCUT2D eigenvalue weighted by Gasteiger charge is -2.32. The molecule has 1 aromatic heterocycles. The van der Waals surface area contributed by atoms with Crippen molar-refractivity contribution in [1.82, 2.24) is 10.2 Å². The molecule has 1 atom stereocenters. The summed E-state index contributed by atoms with van der Waals surface area (Å²) in [6.45, 7) is 13.6. The number of rotatable bonds is 9. The van der Waals surface area contributed by atoms with E-state index in [1.807, 2.05) is 11.3 Å². The third kappa shape index (κ3) is 6.55. The fraction of sp³-hybridized carbons (Fsp3) is 0.750. The van der Waals surface area contributed by atoms with Crippen LogP contribution in [0.25, 0.3) is 0 Å². The third-order valence-electron chi connectivity index (χ3n) is 3.50. The Hall–Kier alpha value is -0.380. The molecule has 0 saturated heterocycles. The molecule has 1 heterocycles. The Balaban J connectivity index is 2.38. The highest BCUT2D eigenvalue weighted by molar-refractivity contribution is 7.09. The molecule has 0 aromatic carbocycles. The third-order valence-corrected chi connectivity index (χ3v) is 4.36. The Morgan fingerprint density at radius 1 is 1.21 bits per heavy atom. The van der Waals surface area contributed by atoms with Crippen molar-refractivity contribution in [3.63, 3.8) is 0 Å². The van der Waals surface area contributed by atoms with Gasteiger partial charge in [-0.15, -0.1) is 11.3 Å². The second kappa shape index (κ2) is 8.72. The average Bonchev–Trinajstić information content (AvgIpc) is 2.83. The van der Waals surface area contributed by atoms with E-state index in [9.17, 15) is 0 Å². The number of hydrogen-bond acceptors (Lipinski definition) is 3. The molecule has 3 heteroatoms. The lowest BCUT2D eigenvalue weighted by molar-refractivity contribution is 0.147. The molecule has 0 aliphatic carbocycles. The van der Waals surface area contributed by atoms with E-state index in [0.29, 0.717) is 18.1 Å². The van der Waals surface area contributed by atoms with E-state index >= 15 is 0 Å². The lowest BCUT2D eigenvalue weighted by atomic mass is 10.1. The Bertz CT molecular complexity index is 319. The van der Waals surface area contributed by atoms with Gasteiger partial charge in [-0.3, -0.25) is 4.90 Å². The largest absolute Gasteiger partial charge is 0.315 e. The first-order chi connectivity index (χ1) is 9.00. The van der Waals surface area contributed by atoms with Crippen molar-refractivity contribution in [1.29, 1.82) is 0 Å². The van der Waals surface area contributed by atoms with Crippen LogP contribution >= 0.6 is 11.3 Å². The van der Waals surface area contributed by atoms with Crippen molar-refractivity contribution in [2.45, 2.75) is 72.1 Å². The van der Waals surface area contributed by atoms with E-state index in [2.05, 4.69) is 62.3 Å². The molecule has 0 spiro atoms. The monoisotopic (exact) mass is 282 g/mol. The van der Waals surface area contributed by atoms with Crippen LogP contribution in [0, 0.1) is 0 Å². The predicted molar refractivity (Wildman–Crippen MR) is 86.8 cm³/mol. The number of nitrogens with one attached hydrogen (secondary N) is 1. The summed E-state index contributed by atoms with van der Waals surface area (Å²) in [4.78, 5) is 4.09. The van der Waals surface area contributed by atoms with E-state index in [0.717, 1.165) is 13.1 Å². The molecule has 19 heavy (non-hydrogen) atoms. The van der Waals surface area contributed by atoms with E-state index in [1.54, 1.807) is 0 Å². The molecule has 2 nitrogen and oxygen atoms in total. The Labute approximate surface area is 123 Å². The van der Waals surface area contributed by atoms with Crippen molar-refractivity contribution < 1.29 is 0 Å². The smallest absolute Gasteiger partial charge is 0.0333 e. The van der Waals surface area contributed by atoms with Crippen LogP contribution in [0.1, 0.15) is 52.3 Å². The highest BCUT2D eigenvalue weighted by atomic mass is 32.1. The van der Waals surface area contributed by atoms with Crippen LogP contribution in [-0.4, -0.2) is 29.6 Å². The molecular weight excluding hydrogens is 252 g/mol. The van der Waals surface area contributed by atoms with Crippen LogP contribution in [0.2, 0.25) is 0 Å². The fourth-order valence-corrected chi connectivity index (χ4v) is 3.10. The molecule has 0 fully saturated rings. The highest BCUT2D eigenvalue weighted by Crippen LogP contribution is 2.18. The summed E-state index contributed by atoms with van der Waals surface area (Å²) in [6.07, 6.45) is 2.52. The maximum atomic E-state index is 3.50. The van der Waals surface area contributed by atoms with Gasteiger partial charge in [0.25, 0.3) is 0 Å². The molecular formula is C16H30N2S. The van der Waals surface area contributed by atoms with Crippen LogP contribution in [0.3, 0.4) is 0 Å². The van der Waals surface area contributed by atoms with Gasteiger partial charge in [-0.1, -0.05) is 19.9 Å². The minimum atomic E-state index is 0.600. The zero-order chi connectivity index (χ0) is 14.3. The van der Waals surface area contributed by atoms with Gasteiger partial charge >= 0.3 is 0 Å². The zero-order valence-corrected chi connectivity index (χ0v) is 14.0. The highest BCUT2D eigenvalue weighted by Gasteiger charge is 2.17. The van der Waals surface area contributed by atoms with Crippen molar-refractivity contribution in [2.75, 3.05) is 6.54 Å². The normalized spacial score (nSPS) is 13.7. The van der Waals surface area contributed by atoms with Crippen LogP contribution in [0.15, 0.2) is 17.5 Å². The molecule has 0 radical (unpaired) electrons. The second-order valence-corrected chi connectivity index (χ2v) is 6.98. The summed E-state index contributed by atoms with van der Waals surface area (Å²) in [6, 6.07) is 6.25. The summed E-state index contributed by atoms with van der Waals surface area (Å²) in [7, 11) is 0. The fourth-order valence-electron chi connectivity index (χ4n) is 2.38. The van der Waals surface area contributed by atoms with E-state index in [-0.39, 0.29) is 0 Å². The molecule has 1 unspecified atom stereocenters. The van der Waals surface area contributed by atoms with Gasteiger partial charge in [0.15, 0.2) is 0 Å². The molecule has 0 saturated carbocycles. The van der Waals surface area contributed by atoms with E-state index in [4.69, 9.17) is 0 Å². The molecule has 0 amide bonds. The van der Waals surface area contributed by atoms with Gasteiger partial charge in [0.1, 0.15) is 0 Å². The van der Waals surface area contributed by atoms with E-state index in [1.165, 1.54) is 17.7 Å². The Morgan fingerprint density at radius 3 is 2.47 bits per heavy atom. The maximum Gasteiger partial charge on any atom is 0.0333 e. The van der Waals surface area contributed by atoms with Gasteiger partial charge < -0.3 is 5.32 Å². The van der Waals surface area contributed by atoms with Crippen LogP contribution in [-0.2, 0) is 6.54 Å². The van der Waals surface area contributed by atoms with Gasteiger partial charge in [0.2, 0.25) is 0 Å². The summed E-state index contributed by atoms with van der Waals surface area (Å²) in [5, 5.41) is 5.67. The standard InChI is InChI=1S/C16H30N2S/c1-13(2)17-10-6-8-15(5)18(14(3)4)12-16-9-7-11-19-16/h7,9,11,13-15,17H,6,8,10,12H2,1-5H3. The van der Waals surface area contributed by atoms with Crippen molar-refractivity contribution in [3.05, 3.63) is 22.4 Å². The summed E-state index contributed by atoms with van der Waals surface area (Å²) in [5.74, 6) is 0. The van der Waals surface area contributed by atoms with Crippen LogP contribution < -0.4 is 5.32 Å². The van der Waals surface area contributed by atoms with Gasteiger partial charge in [0, 0.05) is 29.5 Å². The first kappa shape index (κ1) is 16.7. The average molecular weight is 282 g/mol. The van der Waals surface area contributed by atoms with Gasteiger partial charge in [0.05, 0.1) is 0 Å². The number of nitrogens with zero attached hydrogens (tertiary/aromatic N) is 1. The molecule has 1 aromatic rings. The SMILES string of the molecule is CC(C)NCCCC(C)N(Cc1cccs1)C(C)C.